The summed E-state index contributed by atoms with van der Waals surface area (Å²) in [7, 11) is 1.91. The molecule has 0 fully saturated rings. The minimum absolute atomic E-state index is 0.432. The van der Waals surface area contributed by atoms with Gasteiger partial charge in [-0.05, 0) is 13.8 Å². The van der Waals surface area contributed by atoms with E-state index in [0.717, 1.165) is 28.2 Å². The van der Waals surface area contributed by atoms with Crippen molar-refractivity contribution in [3.05, 3.63) is 52.9 Å². The molecule has 0 saturated heterocycles. The largest absolute Gasteiger partial charge is 0.272 e. The molecule has 2 aromatic heterocycles. The third-order valence-electron chi connectivity index (χ3n) is 3.50. The Balaban J connectivity index is 2.19. The van der Waals surface area contributed by atoms with Gasteiger partial charge < -0.3 is 0 Å². The Morgan fingerprint density at radius 1 is 1.05 bits per heavy atom. The molecule has 0 aliphatic rings. The van der Waals surface area contributed by atoms with Crippen LogP contribution in [-0.2, 0) is 7.05 Å². The van der Waals surface area contributed by atoms with Crippen LogP contribution in [0.15, 0.2) is 36.4 Å². The molecule has 0 aliphatic carbocycles. The van der Waals surface area contributed by atoms with Crippen LogP contribution in [-0.4, -0.2) is 19.7 Å². The van der Waals surface area contributed by atoms with Gasteiger partial charge in [-0.15, -0.1) is 0 Å². The first-order chi connectivity index (χ1) is 10.1. The molecule has 0 amide bonds. The molecule has 3 aromatic rings. The van der Waals surface area contributed by atoms with Crippen molar-refractivity contribution in [2.24, 2.45) is 7.05 Å². The predicted octanol–water partition coefficient (Wildman–Crippen LogP) is 3.81. The molecule has 0 radical (unpaired) electrons. The van der Waals surface area contributed by atoms with Gasteiger partial charge >= 0.3 is 0 Å². The minimum atomic E-state index is 0.432. The van der Waals surface area contributed by atoms with Crippen molar-refractivity contribution in [2.75, 3.05) is 0 Å². The molecule has 0 aliphatic heterocycles. The van der Waals surface area contributed by atoms with Gasteiger partial charge in [-0.2, -0.15) is 5.10 Å². The zero-order valence-electron chi connectivity index (χ0n) is 12.1. The van der Waals surface area contributed by atoms with Crippen LogP contribution < -0.4 is 0 Å². The quantitative estimate of drug-likeness (QED) is 0.676. The monoisotopic (exact) mass is 298 g/mol. The summed E-state index contributed by atoms with van der Waals surface area (Å²) in [5.74, 6) is 0.615. The number of nitrogens with zero attached hydrogens (tertiary/aromatic N) is 4. The molecule has 2 heterocycles. The third kappa shape index (κ3) is 2.54. The van der Waals surface area contributed by atoms with Gasteiger partial charge in [-0.1, -0.05) is 41.9 Å². The van der Waals surface area contributed by atoms with Crippen molar-refractivity contribution in [1.29, 1.82) is 0 Å². The minimum Gasteiger partial charge on any atom is -0.272 e. The van der Waals surface area contributed by atoms with Gasteiger partial charge in [-0.25, -0.2) is 9.97 Å². The maximum absolute atomic E-state index is 6.18. The summed E-state index contributed by atoms with van der Waals surface area (Å²) >= 11 is 6.18. The van der Waals surface area contributed by atoms with Crippen LogP contribution in [0.25, 0.3) is 22.6 Å². The van der Waals surface area contributed by atoms with Crippen molar-refractivity contribution in [3.8, 4) is 22.6 Å². The molecule has 0 bridgehead atoms. The zero-order chi connectivity index (χ0) is 15.0. The Morgan fingerprint density at radius 3 is 2.38 bits per heavy atom. The molecular weight excluding hydrogens is 284 g/mol. The molecule has 1 aromatic carbocycles. The summed E-state index contributed by atoms with van der Waals surface area (Å²) in [5.41, 5.74) is 4.69. The van der Waals surface area contributed by atoms with E-state index in [9.17, 15) is 0 Å². The van der Waals surface area contributed by atoms with Gasteiger partial charge in [0.1, 0.15) is 5.15 Å². The zero-order valence-corrected chi connectivity index (χ0v) is 12.9. The first-order valence-electron chi connectivity index (χ1n) is 6.67. The second-order valence-corrected chi connectivity index (χ2v) is 5.32. The summed E-state index contributed by atoms with van der Waals surface area (Å²) in [6.07, 6.45) is 0. The molecule has 0 atom stereocenters. The van der Waals surface area contributed by atoms with E-state index in [1.54, 1.807) is 6.07 Å². The van der Waals surface area contributed by atoms with Gasteiger partial charge in [0.15, 0.2) is 5.82 Å². The van der Waals surface area contributed by atoms with Crippen LogP contribution >= 0.6 is 11.6 Å². The maximum Gasteiger partial charge on any atom is 0.165 e. The molecule has 0 N–H and O–H groups in total. The van der Waals surface area contributed by atoms with E-state index < -0.39 is 0 Å². The first-order valence-corrected chi connectivity index (χ1v) is 7.04. The molecule has 4 nitrogen and oxygen atoms in total. The van der Waals surface area contributed by atoms with Crippen LogP contribution in [0.3, 0.4) is 0 Å². The number of aromatic nitrogens is 4. The summed E-state index contributed by atoms with van der Waals surface area (Å²) in [6.45, 7) is 3.95. The number of hydrogen-bond acceptors (Lipinski definition) is 3. The van der Waals surface area contributed by atoms with Crippen molar-refractivity contribution in [3.63, 3.8) is 0 Å². The SMILES string of the molecule is Cc1nn(C)c(C)c1-c1nc(Cl)cc(-c2ccccc2)n1. The third-order valence-corrected chi connectivity index (χ3v) is 3.69. The molecule has 5 heteroatoms. The first kappa shape index (κ1) is 13.8. The average Bonchev–Trinajstić information content (AvgIpc) is 2.72. The molecule has 3 rings (SSSR count). The van der Waals surface area contributed by atoms with Crippen molar-refractivity contribution >= 4 is 11.6 Å². The Morgan fingerprint density at radius 2 is 1.76 bits per heavy atom. The fourth-order valence-corrected chi connectivity index (χ4v) is 2.57. The fraction of sp³-hybridized carbons (Fsp3) is 0.188. The van der Waals surface area contributed by atoms with Gasteiger partial charge in [0.25, 0.3) is 0 Å². The summed E-state index contributed by atoms with van der Waals surface area (Å²) in [4.78, 5) is 9.03. The highest BCUT2D eigenvalue weighted by atomic mass is 35.5. The van der Waals surface area contributed by atoms with E-state index in [-0.39, 0.29) is 0 Å². The smallest absolute Gasteiger partial charge is 0.165 e. The number of hydrogen-bond donors (Lipinski definition) is 0. The fourth-order valence-electron chi connectivity index (χ4n) is 2.38. The molecular formula is C16H15ClN4. The van der Waals surface area contributed by atoms with E-state index in [1.165, 1.54) is 0 Å². The topological polar surface area (TPSA) is 43.6 Å². The highest BCUT2D eigenvalue weighted by Crippen LogP contribution is 2.27. The molecule has 106 valence electrons. The standard InChI is InChI=1S/C16H15ClN4/c1-10-15(11(2)21(3)20-10)16-18-13(9-14(17)19-16)12-7-5-4-6-8-12/h4-9H,1-3H3. The summed E-state index contributed by atoms with van der Waals surface area (Å²) in [6, 6.07) is 11.7. The lowest BCUT2D eigenvalue weighted by Gasteiger charge is -2.06. The Labute approximate surface area is 128 Å². The van der Waals surface area contributed by atoms with Gasteiger partial charge in [0.05, 0.1) is 17.0 Å². The van der Waals surface area contributed by atoms with Crippen LogP contribution in [0.5, 0.6) is 0 Å². The highest BCUT2D eigenvalue weighted by molar-refractivity contribution is 6.29. The second kappa shape index (κ2) is 5.30. The summed E-state index contributed by atoms with van der Waals surface area (Å²) < 4.78 is 1.83. The van der Waals surface area contributed by atoms with E-state index in [0.29, 0.717) is 11.0 Å². The second-order valence-electron chi connectivity index (χ2n) is 4.93. The Kier molecular flexibility index (Phi) is 3.47. The van der Waals surface area contributed by atoms with E-state index in [4.69, 9.17) is 11.6 Å². The van der Waals surface area contributed by atoms with E-state index in [2.05, 4.69) is 15.1 Å². The average molecular weight is 299 g/mol. The van der Waals surface area contributed by atoms with Gasteiger partial charge in [0.2, 0.25) is 0 Å². The molecule has 0 saturated carbocycles. The van der Waals surface area contributed by atoms with Crippen molar-refractivity contribution in [1.82, 2.24) is 19.7 Å². The normalized spacial score (nSPS) is 10.9. The van der Waals surface area contributed by atoms with Crippen LogP contribution in [0.4, 0.5) is 0 Å². The van der Waals surface area contributed by atoms with Gasteiger partial charge in [-0.3, -0.25) is 4.68 Å². The number of rotatable bonds is 2. The lowest BCUT2D eigenvalue weighted by molar-refractivity contribution is 0.731. The number of benzene rings is 1. The summed E-state index contributed by atoms with van der Waals surface area (Å²) in [5, 5.41) is 4.84. The molecule has 0 spiro atoms. The maximum atomic E-state index is 6.18. The van der Waals surface area contributed by atoms with E-state index in [1.807, 2.05) is 55.9 Å². The molecule has 0 unspecified atom stereocenters. The number of halogens is 1. The lowest BCUT2D eigenvalue weighted by Crippen LogP contribution is -1.96. The van der Waals surface area contributed by atoms with Crippen molar-refractivity contribution < 1.29 is 0 Å². The van der Waals surface area contributed by atoms with E-state index >= 15 is 0 Å². The predicted molar refractivity (Wildman–Crippen MR) is 84.2 cm³/mol. The van der Waals surface area contributed by atoms with Crippen LogP contribution in [0.2, 0.25) is 5.15 Å². The van der Waals surface area contributed by atoms with Crippen LogP contribution in [0, 0.1) is 13.8 Å². The molecule has 21 heavy (non-hydrogen) atoms. The Bertz CT molecular complexity index is 794. The number of aryl methyl sites for hydroxylation is 2. The highest BCUT2D eigenvalue weighted by Gasteiger charge is 2.16. The van der Waals surface area contributed by atoms with Crippen LogP contribution in [0.1, 0.15) is 11.4 Å². The van der Waals surface area contributed by atoms with Crippen molar-refractivity contribution in [2.45, 2.75) is 13.8 Å². The lowest BCUT2D eigenvalue weighted by atomic mass is 10.1. The van der Waals surface area contributed by atoms with Gasteiger partial charge in [0, 0.05) is 24.4 Å². The Hall–Kier alpha value is -2.20.